The van der Waals surface area contributed by atoms with Crippen LogP contribution in [0.5, 0.6) is 0 Å². The molecule has 0 spiro atoms. The van der Waals surface area contributed by atoms with Crippen LogP contribution in [0.4, 0.5) is 0 Å². The summed E-state index contributed by atoms with van der Waals surface area (Å²) in [6.45, 7) is 12.8. The molecular formula is C22H42N2OSn. The summed E-state index contributed by atoms with van der Waals surface area (Å²) >= 11 is -2.31. The molecule has 0 saturated carbocycles. The fourth-order valence-corrected chi connectivity index (χ4v) is 20.0. The van der Waals surface area contributed by atoms with Crippen LogP contribution in [-0.4, -0.2) is 61.4 Å². The van der Waals surface area contributed by atoms with E-state index >= 15 is 0 Å². The molecule has 2 heterocycles. The Bertz CT molecular complexity index is 472. The minimum absolute atomic E-state index is 1.01. The fourth-order valence-electron chi connectivity index (χ4n) is 4.32. The van der Waals surface area contributed by atoms with E-state index in [1.807, 2.05) is 0 Å². The van der Waals surface area contributed by atoms with Gasteiger partial charge < -0.3 is 0 Å². The first kappa shape index (κ1) is 22.3. The predicted molar refractivity (Wildman–Crippen MR) is 116 cm³/mol. The van der Waals surface area contributed by atoms with Crippen molar-refractivity contribution in [2.45, 2.75) is 79.2 Å². The zero-order valence-electron chi connectivity index (χ0n) is 17.9. The van der Waals surface area contributed by atoms with Gasteiger partial charge in [-0.15, -0.1) is 0 Å². The van der Waals surface area contributed by atoms with Gasteiger partial charge in [-0.1, -0.05) is 0 Å². The quantitative estimate of drug-likeness (QED) is 0.398. The SMILES string of the molecule is CCC[CH2][Sn]([CH2]CCC)([CH2]CCC)[c]1coc(CN2CCN(C)CC2)c1. The average Bonchev–Trinajstić information content (AvgIpc) is 3.12. The topological polar surface area (TPSA) is 19.6 Å². The zero-order valence-corrected chi connectivity index (χ0v) is 20.7. The molecular weight excluding hydrogens is 427 g/mol. The van der Waals surface area contributed by atoms with E-state index in [1.54, 1.807) is 3.58 Å². The molecule has 150 valence electrons. The Balaban J connectivity index is 2.11. The van der Waals surface area contributed by atoms with Crippen LogP contribution in [0.15, 0.2) is 16.7 Å². The maximum absolute atomic E-state index is 6.14. The number of nitrogens with zero attached hydrogens (tertiary/aromatic N) is 2. The van der Waals surface area contributed by atoms with Crippen LogP contribution in [0.25, 0.3) is 0 Å². The Morgan fingerprint density at radius 2 is 1.42 bits per heavy atom. The summed E-state index contributed by atoms with van der Waals surface area (Å²) in [7, 11) is 2.22. The van der Waals surface area contributed by atoms with Crippen LogP contribution < -0.4 is 3.58 Å². The van der Waals surface area contributed by atoms with Crippen LogP contribution >= 0.6 is 0 Å². The molecule has 1 aliphatic rings. The van der Waals surface area contributed by atoms with Crippen molar-refractivity contribution in [3.05, 3.63) is 18.1 Å². The zero-order chi connectivity index (χ0) is 18.8. The van der Waals surface area contributed by atoms with E-state index in [4.69, 9.17) is 4.42 Å². The fraction of sp³-hybridized carbons (Fsp3) is 0.818. The van der Waals surface area contributed by atoms with Gasteiger partial charge in [-0.25, -0.2) is 0 Å². The molecule has 0 bridgehead atoms. The summed E-state index contributed by atoms with van der Waals surface area (Å²) in [5, 5.41) is 0. The summed E-state index contributed by atoms with van der Waals surface area (Å²) in [6, 6.07) is 2.50. The molecule has 2 rings (SSSR count). The van der Waals surface area contributed by atoms with Crippen LogP contribution in [0.3, 0.4) is 0 Å². The van der Waals surface area contributed by atoms with Crippen molar-refractivity contribution in [2.75, 3.05) is 33.2 Å². The predicted octanol–water partition coefficient (Wildman–Crippen LogP) is 5.08. The molecule has 3 nitrogen and oxygen atoms in total. The van der Waals surface area contributed by atoms with Crippen LogP contribution in [-0.2, 0) is 6.54 Å². The molecule has 1 aliphatic heterocycles. The van der Waals surface area contributed by atoms with E-state index in [9.17, 15) is 0 Å². The molecule has 0 amide bonds. The van der Waals surface area contributed by atoms with Gasteiger partial charge in [0.15, 0.2) is 0 Å². The molecule has 4 heteroatoms. The molecule has 0 radical (unpaired) electrons. The van der Waals surface area contributed by atoms with E-state index in [1.165, 1.54) is 83.8 Å². The first-order valence-electron chi connectivity index (χ1n) is 11.1. The van der Waals surface area contributed by atoms with E-state index in [2.05, 4.69) is 49.9 Å². The second-order valence-electron chi connectivity index (χ2n) is 8.47. The minimum atomic E-state index is -2.31. The van der Waals surface area contributed by atoms with Crippen molar-refractivity contribution in [2.24, 2.45) is 0 Å². The van der Waals surface area contributed by atoms with Gasteiger partial charge in [0.1, 0.15) is 0 Å². The van der Waals surface area contributed by atoms with Gasteiger partial charge in [0.05, 0.1) is 0 Å². The maximum atomic E-state index is 6.14. The Labute approximate surface area is 166 Å². The molecule has 0 aromatic carbocycles. The van der Waals surface area contributed by atoms with Crippen LogP contribution in [0.1, 0.15) is 65.1 Å². The standard InChI is InChI=1S/C10H15N2O.3C4H9.Sn/c1-11-4-6-12(7-5-11)9-10-3-2-8-13-10;3*1-3-4-2;/h3,8H,4-7,9H2,1H3;3*1,3-4H2,2H3;. The number of unbranched alkanes of at least 4 members (excludes halogenated alkanes) is 3. The van der Waals surface area contributed by atoms with E-state index in [0.29, 0.717) is 0 Å². The molecule has 26 heavy (non-hydrogen) atoms. The Hall–Kier alpha value is -0.00130. The number of piperazine rings is 1. The molecule has 0 unspecified atom stereocenters. The molecule has 0 N–H and O–H groups in total. The third kappa shape index (κ3) is 6.56. The first-order chi connectivity index (χ1) is 12.6. The monoisotopic (exact) mass is 470 g/mol. The Morgan fingerprint density at radius 1 is 0.885 bits per heavy atom. The van der Waals surface area contributed by atoms with E-state index in [-0.39, 0.29) is 0 Å². The van der Waals surface area contributed by atoms with Crippen molar-refractivity contribution >= 4 is 22.0 Å². The van der Waals surface area contributed by atoms with Crippen molar-refractivity contribution in [3.63, 3.8) is 0 Å². The first-order valence-corrected chi connectivity index (χ1v) is 18.6. The van der Waals surface area contributed by atoms with Crippen molar-refractivity contribution < 1.29 is 4.42 Å². The number of hydrogen-bond donors (Lipinski definition) is 0. The van der Waals surface area contributed by atoms with Crippen LogP contribution in [0.2, 0.25) is 13.3 Å². The van der Waals surface area contributed by atoms with Gasteiger partial charge in [-0.05, 0) is 0 Å². The summed E-state index contributed by atoms with van der Waals surface area (Å²) in [6.07, 6.45) is 10.5. The average molecular weight is 469 g/mol. The molecule has 0 atom stereocenters. The number of likely N-dealkylation sites (N-methyl/N-ethyl adjacent to an activating group) is 1. The summed E-state index contributed by atoms with van der Waals surface area (Å²) in [5.41, 5.74) is 0. The van der Waals surface area contributed by atoms with Gasteiger partial charge in [-0.2, -0.15) is 0 Å². The van der Waals surface area contributed by atoms with E-state index < -0.39 is 18.4 Å². The van der Waals surface area contributed by atoms with Gasteiger partial charge in [-0.3, -0.25) is 0 Å². The molecule has 1 saturated heterocycles. The molecule has 1 aromatic rings. The van der Waals surface area contributed by atoms with Gasteiger partial charge in [0.25, 0.3) is 0 Å². The van der Waals surface area contributed by atoms with Crippen molar-refractivity contribution in [1.29, 1.82) is 0 Å². The third-order valence-electron chi connectivity index (χ3n) is 6.27. The summed E-state index contributed by atoms with van der Waals surface area (Å²) in [5.74, 6) is 1.22. The molecule has 1 aromatic heterocycles. The van der Waals surface area contributed by atoms with Gasteiger partial charge in [0, 0.05) is 0 Å². The second kappa shape index (κ2) is 11.8. The Kier molecular flexibility index (Phi) is 10.1. The summed E-state index contributed by atoms with van der Waals surface area (Å²) < 4.78 is 12.4. The second-order valence-corrected chi connectivity index (χ2v) is 21.7. The Morgan fingerprint density at radius 3 is 1.92 bits per heavy atom. The molecule has 1 fully saturated rings. The summed E-state index contributed by atoms with van der Waals surface area (Å²) in [4.78, 5) is 4.98. The van der Waals surface area contributed by atoms with Crippen molar-refractivity contribution in [3.8, 4) is 0 Å². The number of rotatable bonds is 12. The van der Waals surface area contributed by atoms with Gasteiger partial charge in [0.2, 0.25) is 0 Å². The van der Waals surface area contributed by atoms with Crippen molar-refractivity contribution in [1.82, 2.24) is 9.80 Å². The van der Waals surface area contributed by atoms with E-state index in [0.717, 1.165) is 6.54 Å². The normalized spacial score (nSPS) is 17.1. The molecule has 0 aliphatic carbocycles. The third-order valence-corrected chi connectivity index (χ3v) is 21.7. The number of furan rings is 1. The van der Waals surface area contributed by atoms with Gasteiger partial charge >= 0.3 is 167 Å². The van der Waals surface area contributed by atoms with Crippen LogP contribution in [0, 0.1) is 0 Å². The number of hydrogen-bond acceptors (Lipinski definition) is 3.